The molecule has 1 saturated heterocycles. The summed E-state index contributed by atoms with van der Waals surface area (Å²) in [5.74, 6) is -0.614. The van der Waals surface area contributed by atoms with Crippen molar-refractivity contribution in [2.75, 3.05) is 13.1 Å². The number of likely N-dealkylation sites (tertiary alicyclic amines) is 1. The molecule has 0 aliphatic carbocycles. The summed E-state index contributed by atoms with van der Waals surface area (Å²) >= 11 is 5.87. The minimum absolute atomic E-state index is 0.0312. The van der Waals surface area contributed by atoms with E-state index < -0.39 is 5.97 Å². The standard InChI is InChI=1S/C14H16ClNO3/c15-12-3-1-2-11(9-12)14(19)16-6-4-10(5-7-16)8-13(17)18/h1-3,9-10H,4-8H2,(H,17,18). The Bertz CT molecular complexity index is 481. The van der Waals surface area contributed by atoms with E-state index >= 15 is 0 Å². The van der Waals surface area contributed by atoms with Gasteiger partial charge in [-0.1, -0.05) is 17.7 Å². The molecular weight excluding hydrogens is 266 g/mol. The molecule has 4 nitrogen and oxygen atoms in total. The van der Waals surface area contributed by atoms with Crippen LogP contribution < -0.4 is 0 Å². The van der Waals surface area contributed by atoms with Crippen LogP contribution in [0.3, 0.4) is 0 Å². The van der Waals surface area contributed by atoms with Crippen molar-refractivity contribution >= 4 is 23.5 Å². The smallest absolute Gasteiger partial charge is 0.303 e. The number of rotatable bonds is 3. The van der Waals surface area contributed by atoms with Gasteiger partial charge in [0.15, 0.2) is 0 Å². The van der Waals surface area contributed by atoms with Crippen LogP contribution in [0.25, 0.3) is 0 Å². The van der Waals surface area contributed by atoms with Crippen molar-refractivity contribution in [1.29, 1.82) is 0 Å². The highest BCUT2D eigenvalue weighted by atomic mass is 35.5. The van der Waals surface area contributed by atoms with Crippen molar-refractivity contribution in [3.63, 3.8) is 0 Å². The summed E-state index contributed by atoms with van der Waals surface area (Å²) in [6, 6.07) is 6.90. The number of carboxylic acids is 1. The molecular formula is C14H16ClNO3. The first-order valence-corrected chi connectivity index (χ1v) is 6.70. The second-order valence-electron chi connectivity index (χ2n) is 4.84. The van der Waals surface area contributed by atoms with Crippen molar-refractivity contribution in [3.05, 3.63) is 34.9 Å². The van der Waals surface area contributed by atoms with Gasteiger partial charge in [-0.05, 0) is 37.0 Å². The molecule has 1 heterocycles. The van der Waals surface area contributed by atoms with Crippen LogP contribution in [-0.2, 0) is 4.79 Å². The molecule has 0 unspecified atom stereocenters. The number of benzene rings is 1. The molecule has 1 N–H and O–H groups in total. The molecule has 1 aromatic rings. The maximum atomic E-state index is 12.2. The van der Waals surface area contributed by atoms with Crippen molar-refractivity contribution in [1.82, 2.24) is 4.90 Å². The highest BCUT2D eigenvalue weighted by Gasteiger charge is 2.24. The second-order valence-corrected chi connectivity index (χ2v) is 5.28. The Hall–Kier alpha value is -1.55. The first-order valence-electron chi connectivity index (χ1n) is 6.33. The maximum Gasteiger partial charge on any atom is 0.303 e. The fraction of sp³-hybridized carbons (Fsp3) is 0.429. The molecule has 2 rings (SSSR count). The molecule has 1 amide bonds. The number of nitrogens with zero attached hydrogens (tertiary/aromatic N) is 1. The number of carbonyl (C=O) groups excluding carboxylic acids is 1. The Morgan fingerprint density at radius 1 is 1.32 bits per heavy atom. The summed E-state index contributed by atoms with van der Waals surface area (Å²) in [7, 11) is 0. The number of carboxylic acid groups (broad SMARTS) is 1. The monoisotopic (exact) mass is 281 g/mol. The lowest BCUT2D eigenvalue weighted by atomic mass is 9.93. The van der Waals surface area contributed by atoms with E-state index in [0.29, 0.717) is 23.7 Å². The minimum atomic E-state index is -0.764. The molecule has 0 aromatic heterocycles. The fourth-order valence-electron chi connectivity index (χ4n) is 2.39. The quantitative estimate of drug-likeness (QED) is 0.927. The van der Waals surface area contributed by atoms with Gasteiger partial charge in [0.25, 0.3) is 5.91 Å². The Balaban J connectivity index is 1.94. The average Bonchev–Trinajstić information content (AvgIpc) is 2.38. The van der Waals surface area contributed by atoms with Crippen LogP contribution in [0.1, 0.15) is 29.6 Å². The number of hydrogen-bond donors (Lipinski definition) is 1. The normalized spacial score (nSPS) is 16.4. The highest BCUT2D eigenvalue weighted by molar-refractivity contribution is 6.30. The van der Waals surface area contributed by atoms with Gasteiger partial charge in [0, 0.05) is 30.1 Å². The SMILES string of the molecule is O=C(O)CC1CCN(C(=O)c2cccc(Cl)c2)CC1. The van der Waals surface area contributed by atoms with E-state index in [1.165, 1.54) is 0 Å². The lowest BCUT2D eigenvalue weighted by Crippen LogP contribution is -2.38. The van der Waals surface area contributed by atoms with E-state index in [2.05, 4.69) is 0 Å². The lowest BCUT2D eigenvalue weighted by Gasteiger charge is -2.31. The number of halogens is 1. The van der Waals surface area contributed by atoms with Gasteiger partial charge in [-0.3, -0.25) is 9.59 Å². The highest BCUT2D eigenvalue weighted by Crippen LogP contribution is 2.22. The zero-order valence-corrected chi connectivity index (χ0v) is 11.3. The molecule has 0 radical (unpaired) electrons. The van der Waals surface area contributed by atoms with Crippen LogP contribution in [0.15, 0.2) is 24.3 Å². The molecule has 1 aliphatic heterocycles. The summed E-state index contributed by atoms with van der Waals surface area (Å²) < 4.78 is 0. The van der Waals surface area contributed by atoms with Crippen LogP contribution >= 0.6 is 11.6 Å². The van der Waals surface area contributed by atoms with Gasteiger partial charge in [0.1, 0.15) is 0 Å². The van der Waals surface area contributed by atoms with Gasteiger partial charge in [0.2, 0.25) is 0 Å². The Labute approximate surface area is 117 Å². The van der Waals surface area contributed by atoms with Gasteiger partial charge in [-0.2, -0.15) is 0 Å². The van der Waals surface area contributed by atoms with Gasteiger partial charge in [-0.25, -0.2) is 0 Å². The van der Waals surface area contributed by atoms with Crippen molar-refractivity contribution in [2.24, 2.45) is 5.92 Å². The largest absolute Gasteiger partial charge is 0.481 e. The molecule has 1 fully saturated rings. The number of carbonyl (C=O) groups is 2. The topological polar surface area (TPSA) is 57.6 Å². The Morgan fingerprint density at radius 2 is 2.00 bits per heavy atom. The van der Waals surface area contributed by atoms with Crippen molar-refractivity contribution < 1.29 is 14.7 Å². The Morgan fingerprint density at radius 3 is 2.58 bits per heavy atom. The molecule has 102 valence electrons. The van der Waals surface area contributed by atoms with Crippen LogP contribution in [-0.4, -0.2) is 35.0 Å². The summed E-state index contributed by atoms with van der Waals surface area (Å²) in [4.78, 5) is 24.6. The van der Waals surface area contributed by atoms with E-state index in [-0.39, 0.29) is 18.2 Å². The summed E-state index contributed by atoms with van der Waals surface area (Å²) in [5, 5.41) is 9.30. The number of piperidine rings is 1. The second kappa shape index (κ2) is 6.06. The Kier molecular flexibility index (Phi) is 4.43. The van der Waals surface area contributed by atoms with Crippen LogP contribution in [0, 0.1) is 5.92 Å². The molecule has 0 saturated carbocycles. The van der Waals surface area contributed by atoms with Crippen LogP contribution in [0.2, 0.25) is 5.02 Å². The molecule has 0 bridgehead atoms. The third-order valence-corrected chi connectivity index (χ3v) is 3.67. The first kappa shape index (κ1) is 13.9. The van der Waals surface area contributed by atoms with Crippen LogP contribution in [0.4, 0.5) is 0 Å². The van der Waals surface area contributed by atoms with Crippen LogP contribution in [0.5, 0.6) is 0 Å². The summed E-state index contributed by atoms with van der Waals surface area (Å²) in [5.41, 5.74) is 0.587. The summed E-state index contributed by atoms with van der Waals surface area (Å²) in [6.07, 6.45) is 1.69. The summed E-state index contributed by atoms with van der Waals surface area (Å²) in [6.45, 7) is 1.23. The van der Waals surface area contributed by atoms with Gasteiger partial charge in [-0.15, -0.1) is 0 Å². The molecule has 1 aliphatic rings. The first-order chi connectivity index (χ1) is 9.06. The number of aliphatic carboxylic acids is 1. The van der Waals surface area contributed by atoms with Crippen molar-refractivity contribution in [3.8, 4) is 0 Å². The third kappa shape index (κ3) is 3.70. The molecule has 0 atom stereocenters. The van der Waals surface area contributed by atoms with E-state index in [9.17, 15) is 9.59 Å². The molecule has 1 aromatic carbocycles. The predicted octanol–water partition coefficient (Wildman–Crippen LogP) is 2.67. The lowest BCUT2D eigenvalue weighted by molar-refractivity contribution is -0.138. The third-order valence-electron chi connectivity index (χ3n) is 3.44. The number of hydrogen-bond acceptors (Lipinski definition) is 2. The molecule has 0 spiro atoms. The molecule has 19 heavy (non-hydrogen) atoms. The zero-order valence-electron chi connectivity index (χ0n) is 10.5. The number of amides is 1. The maximum absolute atomic E-state index is 12.2. The van der Waals surface area contributed by atoms with Crippen molar-refractivity contribution in [2.45, 2.75) is 19.3 Å². The van der Waals surface area contributed by atoms with Gasteiger partial charge < -0.3 is 10.0 Å². The average molecular weight is 282 g/mol. The zero-order chi connectivity index (χ0) is 13.8. The minimum Gasteiger partial charge on any atom is -0.481 e. The van der Waals surface area contributed by atoms with E-state index in [1.807, 2.05) is 0 Å². The predicted molar refractivity (Wildman–Crippen MR) is 72.3 cm³/mol. The fourth-order valence-corrected chi connectivity index (χ4v) is 2.58. The van der Waals surface area contributed by atoms with E-state index in [0.717, 1.165) is 12.8 Å². The van der Waals surface area contributed by atoms with Gasteiger partial charge >= 0.3 is 5.97 Å². The van der Waals surface area contributed by atoms with E-state index in [4.69, 9.17) is 16.7 Å². The van der Waals surface area contributed by atoms with E-state index in [1.54, 1.807) is 29.2 Å². The molecule has 5 heteroatoms. The van der Waals surface area contributed by atoms with Gasteiger partial charge in [0.05, 0.1) is 0 Å².